The number of alkyl halides is 3. The Morgan fingerprint density at radius 2 is 1.86 bits per heavy atom. The van der Waals surface area contributed by atoms with Crippen LogP contribution >= 0.6 is 0 Å². The molecule has 0 atom stereocenters. The molecule has 1 aliphatic carbocycles. The van der Waals surface area contributed by atoms with Gasteiger partial charge in [-0.2, -0.15) is 13.2 Å². The number of fused-ring (bicyclic) bond motifs is 1. The Balaban J connectivity index is 0.000000878. The summed E-state index contributed by atoms with van der Waals surface area (Å²) < 4.78 is 38.3. The van der Waals surface area contributed by atoms with Gasteiger partial charge in [-0.1, -0.05) is 12.6 Å². The average Bonchev–Trinajstić information content (AvgIpc) is 2.67. The maximum absolute atomic E-state index is 12.8. The van der Waals surface area contributed by atoms with Crippen molar-refractivity contribution in [3.63, 3.8) is 0 Å². The molecule has 0 radical (unpaired) electrons. The van der Waals surface area contributed by atoms with Gasteiger partial charge in [0.2, 0.25) is 5.91 Å². The Morgan fingerprint density at radius 1 is 1.21 bits per heavy atom. The van der Waals surface area contributed by atoms with E-state index in [4.69, 9.17) is 9.90 Å². The van der Waals surface area contributed by atoms with Gasteiger partial charge in [0.15, 0.2) is 0 Å². The fourth-order valence-corrected chi connectivity index (χ4v) is 3.76. The van der Waals surface area contributed by atoms with Crippen molar-refractivity contribution in [3.8, 4) is 0 Å². The van der Waals surface area contributed by atoms with Crippen LogP contribution in [0.3, 0.4) is 0 Å². The average molecular weight is 398 g/mol. The Bertz CT molecular complexity index is 698. The van der Waals surface area contributed by atoms with Crippen LogP contribution in [0, 0.1) is 5.92 Å². The van der Waals surface area contributed by atoms with Crippen molar-refractivity contribution in [1.82, 2.24) is 4.90 Å². The van der Waals surface area contributed by atoms with Crippen LogP contribution < -0.4 is 5.32 Å². The molecule has 1 aliphatic heterocycles. The molecule has 0 aromatic heterocycles. The molecule has 1 heterocycles. The predicted molar refractivity (Wildman–Crippen MR) is 99.9 cm³/mol. The summed E-state index contributed by atoms with van der Waals surface area (Å²) >= 11 is 0. The van der Waals surface area contributed by atoms with E-state index in [1.807, 2.05) is 12.1 Å². The number of hydrogen-bond acceptors (Lipinski definition) is 3. The molecule has 0 spiro atoms. The Morgan fingerprint density at radius 3 is 2.43 bits per heavy atom. The normalized spacial score (nSPS) is 21.6. The maximum atomic E-state index is 12.8. The van der Waals surface area contributed by atoms with Gasteiger partial charge in [-0.05, 0) is 61.4 Å². The number of carbonyl (C=O) groups is 2. The lowest BCUT2D eigenvalue weighted by atomic mass is 9.85. The van der Waals surface area contributed by atoms with Crippen molar-refractivity contribution in [2.75, 3.05) is 11.9 Å². The minimum absolute atomic E-state index is 0.0746. The molecule has 5 nitrogen and oxygen atoms in total. The van der Waals surface area contributed by atoms with Gasteiger partial charge in [0.25, 0.3) is 6.47 Å². The van der Waals surface area contributed by atoms with Crippen LogP contribution in [0.1, 0.15) is 36.8 Å². The zero-order valence-electron chi connectivity index (χ0n) is 15.5. The zero-order chi connectivity index (χ0) is 20.7. The lowest BCUT2D eigenvalue weighted by Gasteiger charge is -2.32. The number of rotatable bonds is 3. The number of nitrogens with zero attached hydrogens (tertiary/aromatic N) is 1. The van der Waals surface area contributed by atoms with Gasteiger partial charge in [0, 0.05) is 24.8 Å². The second kappa shape index (κ2) is 9.61. The first-order chi connectivity index (χ1) is 13.3. The van der Waals surface area contributed by atoms with E-state index < -0.39 is 12.1 Å². The van der Waals surface area contributed by atoms with Gasteiger partial charge < -0.3 is 15.3 Å². The van der Waals surface area contributed by atoms with Gasteiger partial charge in [0.05, 0.1) is 5.92 Å². The number of hydrogen-bond donors (Lipinski definition) is 2. The molecule has 0 bridgehead atoms. The first-order valence-electron chi connectivity index (χ1n) is 9.22. The summed E-state index contributed by atoms with van der Waals surface area (Å²) in [6, 6.07) is 6.13. The van der Waals surface area contributed by atoms with E-state index in [9.17, 15) is 18.0 Å². The SMILES string of the molecule is C=CC(=O)N1CCc2ccc(NC3CCC(C(F)(F)F)CC3)cc2C1.O=CO. The lowest BCUT2D eigenvalue weighted by molar-refractivity contribution is -0.182. The van der Waals surface area contributed by atoms with Crippen LogP contribution in [0.5, 0.6) is 0 Å². The minimum Gasteiger partial charge on any atom is -0.483 e. The summed E-state index contributed by atoms with van der Waals surface area (Å²) in [5, 5.41) is 10.3. The fourth-order valence-electron chi connectivity index (χ4n) is 3.76. The van der Waals surface area contributed by atoms with Crippen molar-refractivity contribution in [2.45, 2.75) is 50.9 Å². The third-order valence-corrected chi connectivity index (χ3v) is 5.27. The Labute approximate surface area is 162 Å². The van der Waals surface area contributed by atoms with Gasteiger partial charge in [-0.15, -0.1) is 0 Å². The second-order valence-electron chi connectivity index (χ2n) is 7.04. The summed E-state index contributed by atoms with van der Waals surface area (Å²) in [5.41, 5.74) is 3.23. The summed E-state index contributed by atoms with van der Waals surface area (Å²) in [4.78, 5) is 21.9. The lowest BCUT2D eigenvalue weighted by Crippen LogP contribution is -2.35. The van der Waals surface area contributed by atoms with Gasteiger partial charge >= 0.3 is 6.18 Å². The number of nitrogens with one attached hydrogen (secondary N) is 1. The van der Waals surface area contributed by atoms with E-state index in [-0.39, 0.29) is 31.3 Å². The molecule has 2 aliphatic rings. The van der Waals surface area contributed by atoms with E-state index in [1.54, 1.807) is 4.90 Å². The van der Waals surface area contributed by atoms with Crippen molar-refractivity contribution < 1.29 is 27.9 Å². The number of halogens is 3. The summed E-state index contributed by atoms with van der Waals surface area (Å²) in [5.74, 6) is -1.23. The minimum atomic E-state index is -4.07. The molecule has 1 amide bonds. The molecule has 28 heavy (non-hydrogen) atoms. The van der Waals surface area contributed by atoms with Gasteiger partial charge in [-0.25, -0.2) is 0 Å². The Kier molecular flexibility index (Phi) is 7.48. The molecule has 0 unspecified atom stereocenters. The van der Waals surface area contributed by atoms with Crippen molar-refractivity contribution >= 4 is 18.1 Å². The maximum Gasteiger partial charge on any atom is 0.391 e. The number of amides is 1. The predicted octanol–water partition coefficient (Wildman–Crippen LogP) is 3.99. The second-order valence-corrected chi connectivity index (χ2v) is 7.04. The molecule has 2 N–H and O–H groups in total. The number of anilines is 1. The highest BCUT2D eigenvalue weighted by Crippen LogP contribution is 2.38. The first-order valence-corrected chi connectivity index (χ1v) is 9.22. The van der Waals surface area contributed by atoms with Crippen molar-refractivity contribution in [1.29, 1.82) is 0 Å². The topological polar surface area (TPSA) is 69.6 Å². The number of carboxylic acid groups (broad SMARTS) is 1. The van der Waals surface area contributed by atoms with Gasteiger partial charge in [0.1, 0.15) is 0 Å². The molecule has 3 rings (SSSR count). The molecule has 8 heteroatoms. The fraction of sp³-hybridized carbons (Fsp3) is 0.500. The van der Waals surface area contributed by atoms with Crippen LogP contribution in [0.25, 0.3) is 0 Å². The van der Waals surface area contributed by atoms with E-state index in [1.165, 1.54) is 11.6 Å². The van der Waals surface area contributed by atoms with E-state index >= 15 is 0 Å². The molecule has 154 valence electrons. The molecule has 1 saturated carbocycles. The van der Waals surface area contributed by atoms with Gasteiger partial charge in [-0.3, -0.25) is 9.59 Å². The van der Waals surface area contributed by atoms with Crippen LogP contribution in [-0.4, -0.2) is 41.1 Å². The monoisotopic (exact) mass is 398 g/mol. The van der Waals surface area contributed by atoms with Crippen LogP contribution in [0.15, 0.2) is 30.9 Å². The quantitative estimate of drug-likeness (QED) is 0.597. The standard InChI is InChI=1S/C19H23F3N2O.CH2O2/c1-2-18(25)24-10-9-13-3-6-17(11-14(13)12-24)23-16-7-4-15(5-8-16)19(20,21)22;2-1-3/h2-3,6,11,15-16,23H,1,4-5,7-10,12H2;1H,(H,2,3). The number of benzene rings is 1. The van der Waals surface area contributed by atoms with E-state index in [2.05, 4.69) is 18.0 Å². The third-order valence-electron chi connectivity index (χ3n) is 5.27. The van der Waals surface area contributed by atoms with E-state index in [0.29, 0.717) is 25.9 Å². The van der Waals surface area contributed by atoms with Crippen LogP contribution in [-0.2, 0) is 22.6 Å². The van der Waals surface area contributed by atoms with Crippen LogP contribution in [0.4, 0.5) is 18.9 Å². The smallest absolute Gasteiger partial charge is 0.391 e. The summed E-state index contributed by atoms with van der Waals surface area (Å²) in [6.07, 6.45) is -0.498. The first kappa shape index (κ1) is 21.8. The third kappa shape index (κ3) is 5.74. The van der Waals surface area contributed by atoms with Crippen molar-refractivity contribution in [2.24, 2.45) is 5.92 Å². The molecule has 0 saturated heterocycles. The highest BCUT2D eigenvalue weighted by atomic mass is 19.4. The van der Waals surface area contributed by atoms with E-state index in [0.717, 1.165) is 17.7 Å². The summed E-state index contributed by atoms with van der Waals surface area (Å²) in [6.45, 7) is 4.52. The molecular weight excluding hydrogens is 373 g/mol. The highest BCUT2D eigenvalue weighted by molar-refractivity contribution is 5.87. The number of carbonyl (C=O) groups excluding carboxylic acids is 1. The molecule has 1 aromatic rings. The molecule has 1 aromatic carbocycles. The zero-order valence-corrected chi connectivity index (χ0v) is 15.5. The molecule has 1 fully saturated rings. The van der Waals surface area contributed by atoms with Crippen molar-refractivity contribution in [3.05, 3.63) is 42.0 Å². The highest BCUT2D eigenvalue weighted by Gasteiger charge is 2.41. The van der Waals surface area contributed by atoms with Crippen LogP contribution in [0.2, 0.25) is 0 Å². The largest absolute Gasteiger partial charge is 0.483 e. The summed E-state index contributed by atoms with van der Waals surface area (Å²) in [7, 11) is 0. The Hall–Kier alpha value is -2.51. The molecular formula is C20H25F3N2O3.